The van der Waals surface area contributed by atoms with Gasteiger partial charge < -0.3 is 15.5 Å². The maximum absolute atomic E-state index is 12.6. The highest BCUT2D eigenvalue weighted by Crippen LogP contribution is 2.28. The molecular formula is C17H25NO5S. The Hall–Kier alpha value is -1.60. The number of benzene rings is 1. The molecule has 134 valence electrons. The number of amides is 1. The molecule has 0 spiro atoms. The van der Waals surface area contributed by atoms with Gasteiger partial charge in [0.15, 0.2) is 9.84 Å². The molecule has 0 heterocycles. The minimum Gasteiger partial charge on any atom is -0.465 e. The molecule has 1 fully saturated rings. The molecule has 1 aliphatic rings. The summed E-state index contributed by atoms with van der Waals surface area (Å²) < 4.78 is 25.2. The highest BCUT2D eigenvalue weighted by Gasteiger charge is 2.23. The van der Waals surface area contributed by atoms with Crippen molar-refractivity contribution in [1.82, 2.24) is 5.32 Å². The molecule has 1 unspecified atom stereocenters. The lowest BCUT2D eigenvalue weighted by Crippen LogP contribution is -2.23. The van der Waals surface area contributed by atoms with E-state index in [2.05, 4.69) is 5.32 Å². The Morgan fingerprint density at radius 1 is 1.25 bits per heavy atom. The summed E-state index contributed by atoms with van der Waals surface area (Å²) in [6, 6.07) is 6.34. The first-order valence-corrected chi connectivity index (χ1v) is 10.0. The monoisotopic (exact) mass is 355 g/mol. The molecule has 0 aliphatic heterocycles. The topological polar surface area (TPSA) is 104 Å². The van der Waals surface area contributed by atoms with Gasteiger partial charge in [-0.3, -0.25) is 0 Å². The van der Waals surface area contributed by atoms with E-state index in [4.69, 9.17) is 5.11 Å². The Morgan fingerprint density at radius 3 is 2.62 bits per heavy atom. The molecule has 2 rings (SSSR count). The quantitative estimate of drug-likeness (QED) is 0.698. The minimum absolute atomic E-state index is 0.107. The SMILES string of the molecule is O=C(O)NCCC(O)c1cccc(S(=O)(=O)CC2CCCCC2)c1. The first-order valence-electron chi connectivity index (χ1n) is 8.36. The zero-order valence-corrected chi connectivity index (χ0v) is 14.5. The van der Waals surface area contributed by atoms with Crippen LogP contribution in [0.2, 0.25) is 0 Å². The van der Waals surface area contributed by atoms with Gasteiger partial charge in [-0.15, -0.1) is 0 Å². The van der Waals surface area contributed by atoms with Gasteiger partial charge in [-0.25, -0.2) is 13.2 Å². The predicted molar refractivity (Wildman–Crippen MR) is 90.7 cm³/mol. The van der Waals surface area contributed by atoms with Crippen molar-refractivity contribution in [1.29, 1.82) is 0 Å². The normalized spacial score (nSPS) is 17.4. The molecule has 1 aliphatic carbocycles. The van der Waals surface area contributed by atoms with Gasteiger partial charge in [-0.2, -0.15) is 0 Å². The zero-order valence-electron chi connectivity index (χ0n) is 13.6. The smallest absolute Gasteiger partial charge is 0.404 e. The molecule has 1 amide bonds. The van der Waals surface area contributed by atoms with Crippen molar-refractivity contribution in [3.63, 3.8) is 0 Å². The summed E-state index contributed by atoms with van der Waals surface area (Å²) in [5.41, 5.74) is 0.493. The third-order valence-corrected chi connectivity index (χ3v) is 6.36. The van der Waals surface area contributed by atoms with Crippen molar-refractivity contribution in [2.24, 2.45) is 5.92 Å². The summed E-state index contributed by atoms with van der Waals surface area (Å²) in [6.45, 7) is 0.107. The maximum atomic E-state index is 12.6. The molecule has 0 saturated heterocycles. The first kappa shape index (κ1) is 18.7. The van der Waals surface area contributed by atoms with Gasteiger partial charge in [0.05, 0.1) is 16.8 Å². The van der Waals surface area contributed by atoms with Crippen LogP contribution in [0.25, 0.3) is 0 Å². The molecule has 0 aromatic heterocycles. The molecule has 24 heavy (non-hydrogen) atoms. The number of carbonyl (C=O) groups is 1. The van der Waals surface area contributed by atoms with E-state index in [1.807, 2.05) is 0 Å². The number of nitrogens with one attached hydrogen (secondary N) is 1. The van der Waals surface area contributed by atoms with Crippen LogP contribution in [0.15, 0.2) is 29.2 Å². The fraction of sp³-hybridized carbons (Fsp3) is 0.588. The molecular weight excluding hydrogens is 330 g/mol. The highest BCUT2D eigenvalue weighted by molar-refractivity contribution is 7.91. The Labute approximate surface area is 142 Å². The lowest BCUT2D eigenvalue weighted by molar-refractivity contribution is 0.162. The second kappa shape index (κ2) is 8.48. The average Bonchev–Trinajstić information content (AvgIpc) is 2.55. The summed E-state index contributed by atoms with van der Waals surface area (Å²) >= 11 is 0. The number of hydrogen-bond acceptors (Lipinski definition) is 4. The number of rotatable bonds is 7. The summed E-state index contributed by atoms with van der Waals surface area (Å²) in [5.74, 6) is 0.379. The fourth-order valence-corrected chi connectivity index (χ4v) is 4.91. The van der Waals surface area contributed by atoms with E-state index in [9.17, 15) is 18.3 Å². The molecule has 1 saturated carbocycles. The Kier molecular flexibility index (Phi) is 6.62. The number of aliphatic hydroxyl groups is 1. The largest absolute Gasteiger partial charge is 0.465 e. The third-order valence-electron chi connectivity index (χ3n) is 4.48. The number of carboxylic acid groups (broad SMARTS) is 1. The van der Waals surface area contributed by atoms with Gasteiger partial charge in [0, 0.05) is 6.54 Å². The molecule has 1 aromatic carbocycles. The summed E-state index contributed by atoms with van der Waals surface area (Å²) in [5, 5.41) is 20.8. The summed E-state index contributed by atoms with van der Waals surface area (Å²) in [7, 11) is -3.37. The van der Waals surface area contributed by atoms with Crippen LogP contribution in [0.3, 0.4) is 0 Å². The lowest BCUT2D eigenvalue weighted by atomic mass is 9.91. The van der Waals surface area contributed by atoms with E-state index in [0.717, 1.165) is 25.7 Å². The number of aliphatic hydroxyl groups excluding tert-OH is 1. The van der Waals surface area contributed by atoms with Crippen LogP contribution in [-0.4, -0.2) is 37.0 Å². The van der Waals surface area contributed by atoms with Crippen LogP contribution in [0.4, 0.5) is 4.79 Å². The third kappa shape index (κ3) is 5.49. The van der Waals surface area contributed by atoms with Crippen molar-refractivity contribution < 1.29 is 23.4 Å². The average molecular weight is 355 g/mol. The van der Waals surface area contributed by atoms with E-state index >= 15 is 0 Å². The Balaban J connectivity index is 2.03. The second-order valence-electron chi connectivity index (χ2n) is 6.39. The highest BCUT2D eigenvalue weighted by atomic mass is 32.2. The lowest BCUT2D eigenvalue weighted by Gasteiger charge is -2.21. The van der Waals surface area contributed by atoms with E-state index in [0.29, 0.717) is 5.56 Å². The molecule has 1 aromatic rings. The predicted octanol–water partition coefficient (Wildman–Crippen LogP) is 2.73. The maximum Gasteiger partial charge on any atom is 0.404 e. The number of sulfone groups is 1. The fourth-order valence-electron chi connectivity index (χ4n) is 3.16. The zero-order chi connectivity index (χ0) is 17.6. The van der Waals surface area contributed by atoms with Crippen molar-refractivity contribution in [2.75, 3.05) is 12.3 Å². The van der Waals surface area contributed by atoms with Crippen LogP contribution in [-0.2, 0) is 9.84 Å². The van der Waals surface area contributed by atoms with Gasteiger partial charge in [0.2, 0.25) is 0 Å². The number of hydrogen-bond donors (Lipinski definition) is 3. The molecule has 0 radical (unpaired) electrons. The van der Waals surface area contributed by atoms with Crippen LogP contribution in [0, 0.1) is 5.92 Å². The molecule has 6 nitrogen and oxygen atoms in total. The summed E-state index contributed by atoms with van der Waals surface area (Å²) in [6.07, 6.45) is 3.43. The first-order chi connectivity index (χ1) is 11.4. The van der Waals surface area contributed by atoms with Gasteiger partial charge in [-0.05, 0) is 42.9 Å². The van der Waals surface area contributed by atoms with E-state index in [1.54, 1.807) is 18.2 Å². The summed E-state index contributed by atoms with van der Waals surface area (Å²) in [4.78, 5) is 10.7. The van der Waals surface area contributed by atoms with Gasteiger partial charge in [0.25, 0.3) is 0 Å². The molecule has 3 N–H and O–H groups in total. The van der Waals surface area contributed by atoms with Gasteiger partial charge >= 0.3 is 6.09 Å². The van der Waals surface area contributed by atoms with Crippen LogP contribution >= 0.6 is 0 Å². The van der Waals surface area contributed by atoms with E-state index in [1.165, 1.54) is 12.5 Å². The standard InChI is InChI=1S/C17H25NO5S/c19-16(9-10-18-17(20)21)14-7-4-8-15(11-14)24(22,23)12-13-5-2-1-3-6-13/h4,7-8,11,13,16,18-19H,1-3,5-6,9-10,12H2,(H,20,21). The Bertz CT molecular complexity index is 653. The second-order valence-corrected chi connectivity index (χ2v) is 8.43. The Morgan fingerprint density at radius 2 is 1.96 bits per heavy atom. The van der Waals surface area contributed by atoms with Gasteiger partial charge in [0.1, 0.15) is 0 Å². The van der Waals surface area contributed by atoms with Gasteiger partial charge in [-0.1, -0.05) is 31.4 Å². The minimum atomic E-state index is -3.37. The van der Waals surface area contributed by atoms with Crippen molar-refractivity contribution in [2.45, 2.75) is 49.5 Å². The van der Waals surface area contributed by atoms with Crippen molar-refractivity contribution in [3.8, 4) is 0 Å². The van der Waals surface area contributed by atoms with E-state index in [-0.39, 0.29) is 29.5 Å². The molecule has 1 atom stereocenters. The van der Waals surface area contributed by atoms with E-state index < -0.39 is 22.0 Å². The van der Waals surface area contributed by atoms with Crippen molar-refractivity contribution >= 4 is 15.9 Å². The van der Waals surface area contributed by atoms with Crippen LogP contribution < -0.4 is 5.32 Å². The van der Waals surface area contributed by atoms with Crippen molar-refractivity contribution in [3.05, 3.63) is 29.8 Å². The molecule has 0 bridgehead atoms. The van der Waals surface area contributed by atoms with Crippen LogP contribution in [0.1, 0.15) is 50.2 Å². The molecule has 7 heteroatoms. The van der Waals surface area contributed by atoms with Crippen LogP contribution in [0.5, 0.6) is 0 Å².